The van der Waals surface area contributed by atoms with Crippen LogP contribution >= 0.6 is 0 Å². The van der Waals surface area contributed by atoms with Crippen LogP contribution in [0.25, 0.3) is 0 Å². The van der Waals surface area contributed by atoms with Gasteiger partial charge < -0.3 is 28.4 Å². The van der Waals surface area contributed by atoms with E-state index in [1.165, 1.54) is 38.5 Å². The topological polar surface area (TPSA) is 89.5 Å². The molecule has 276 valence electrons. The fourth-order valence-corrected chi connectivity index (χ4v) is 6.03. The molecule has 0 atom stereocenters. The van der Waals surface area contributed by atoms with Gasteiger partial charge in [-0.15, -0.1) is 0 Å². The van der Waals surface area contributed by atoms with E-state index in [4.69, 9.17) is 28.4 Å². The van der Waals surface area contributed by atoms with Gasteiger partial charge in [-0.1, -0.05) is 52.4 Å². The van der Waals surface area contributed by atoms with Crippen LogP contribution < -0.4 is 28.4 Å². The third-order valence-electron chi connectivity index (χ3n) is 9.13. The van der Waals surface area contributed by atoms with E-state index in [-0.39, 0.29) is 23.8 Å². The number of rotatable bonds is 20. The fourth-order valence-electron chi connectivity index (χ4n) is 6.03. The van der Waals surface area contributed by atoms with Gasteiger partial charge in [0.05, 0.1) is 25.0 Å². The maximum atomic E-state index is 12.9. The van der Waals surface area contributed by atoms with Gasteiger partial charge in [0.25, 0.3) is 0 Å². The van der Waals surface area contributed by atoms with E-state index in [0.29, 0.717) is 73.4 Å². The Morgan fingerprint density at radius 3 is 1.02 bits per heavy atom. The van der Waals surface area contributed by atoms with Crippen LogP contribution in [0.3, 0.4) is 0 Å². The molecule has 0 radical (unpaired) electrons. The van der Waals surface area contributed by atoms with E-state index in [1.807, 2.05) is 48.5 Å². The lowest BCUT2D eigenvalue weighted by molar-refractivity contribution is -0.145. The zero-order chi connectivity index (χ0) is 36.4. The van der Waals surface area contributed by atoms with E-state index in [0.717, 1.165) is 24.3 Å². The van der Waals surface area contributed by atoms with Gasteiger partial charge in [-0.2, -0.15) is 0 Å². The molecule has 1 fully saturated rings. The van der Waals surface area contributed by atoms with Crippen molar-refractivity contribution in [1.29, 1.82) is 0 Å². The molecule has 5 rings (SSSR count). The second-order valence-corrected chi connectivity index (χ2v) is 13.3. The largest absolute Gasteiger partial charge is 0.494 e. The zero-order valence-electron chi connectivity index (χ0n) is 30.6. The predicted octanol–water partition coefficient (Wildman–Crippen LogP) is 11.5. The van der Waals surface area contributed by atoms with Gasteiger partial charge in [-0.05, 0) is 136 Å². The van der Waals surface area contributed by atoms with Crippen molar-refractivity contribution in [3.63, 3.8) is 0 Å². The molecule has 52 heavy (non-hydrogen) atoms. The predicted molar refractivity (Wildman–Crippen MR) is 202 cm³/mol. The van der Waals surface area contributed by atoms with Crippen LogP contribution in [0.4, 0.5) is 0 Å². The lowest BCUT2D eigenvalue weighted by Gasteiger charge is -2.25. The maximum absolute atomic E-state index is 12.9. The lowest BCUT2D eigenvalue weighted by atomic mass is 9.82. The first-order valence-electron chi connectivity index (χ1n) is 18.9. The highest BCUT2D eigenvalue weighted by Gasteiger charge is 2.32. The number of hydrogen-bond donors (Lipinski definition) is 0. The van der Waals surface area contributed by atoms with Crippen LogP contribution in [0, 0.1) is 11.8 Å². The molecule has 0 saturated heterocycles. The highest BCUT2D eigenvalue weighted by Crippen LogP contribution is 2.33. The zero-order valence-corrected chi connectivity index (χ0v) is 30.6. The molecule has 0 amide bonds. The summed E-state index contributed by atoms with van der Waals surface area (Å²) >= 11 is 0. The highest BCUT2D eigenvalue weighted by molar-refractivity contribution is 5.78. The van der Waals surface area contributed by atoms with Crippen LogP contribution in [0.1, 0.15) is 90.9 Å². The molecule has 0 aromatic heterocycles. The molecule has 0 unspecified atom stereocenters. The van der Waals surface area contributed by atoms with Crippen molar-refractivity contribution in [2.24, 2.45) is 11.8 Å². The van der Waals surface area contributed by atoms with Gasteiger partial charge in [0.2, 0.25) is 0 Å². The summed E-state index contributed by atoms with van der Waals surface area (Å²) in [5.41, 5.74) is 0. The van der Waals surface area contributed by atoms with Gasteiger partial charge in [0.15, 0.2) is 0 Å². The first kappa shape index (κ1) is 38.3. The van der Waals surface area contributed by atoms with Crippen molar-refractivity contribution >= 4 is 11.9 Å². The van der Waals surface area contributed by atoms with Gasteiger partial charge in [-0.25, -0.2) is 0 Å². The number of hydrogen-bond acceptors (Lipinski definition) is 8. The monoisotopic (exact) mass is 708 g/mol. The minimum absolute atomic E-state index is 0.268. The molecule has 0 spiro atoms. The highest BCUT2D eigenvalue weighted by atomic mass is 16.5. The lowest BCUT2D eigenvalue weighted by Crippen LogP contribution is -2.30. The number of unbranched alkanes of at least 4 members (excludes halogenated alkanes) is 6. The second-order valence-electron chi connectivity index (χ2n) is 13.3. The average molecular weight is 709 g/mol. The van der Waals surface area contributed by atoms with E-state index < -0.39 is 0 Å². The quantitative estimate of drug-likeness (QED) is 0.0509. The van der Waals surface area contributed by atoms with E-state index in [1.54, 1.807) is 48.5 Å². The van der Waals surface area contributed by atoms with E-state index in [9.17, 15) is 9.59 Å². The summed E-state index contributed by atoms with van der Waals surface area (Å²) in [6, 6.07) is 29.1. The SMILES string of the molecule is CCCCCCOc1ccc(Oc2ccc(OC(=O)[C@H]3CC[C@H](C(=O)Oc4ccc(Oc5ccc(OCCCCCC)cc5)cc4)CC3)cc2)cc1. The smallest absolute Gasteiger partial charge is 0.314 e. The number of ether oxygens (including phenoxy) is 6. The fraction of sp³-hybridized carbons (Fsp3) is 0.409. The first-order chi connectivity index (χ1) is 25.5. The summed E-state index contributed by atoms with van der Waals surface area (Å²) in [5.74, 6) is 4.12. The molecule has 0 N–H and O–H groups in total. The van der Waals surface area contributed by atoms with Crippen molar-refractivity contribution in [3.05, 3.63) is 97.1 Å². The second kappa shape index (κ2) is 20.8. The number of carbonyl (C=O) groups excluding carboxylic acids is 2. The molecule has 8 nitrogen and oxygen atoms in total. The van der Waals surface area contributed by atoms with Crippen LogP contribution in [0.2, 0.25) is 0 Å². The summed E-state index contributed by atoms with van der Waals surface area (Å²) in [5, 5.41) is 0. The molecule has 0 bridgehead atoms. The Hall–Kier alpha value is -4.98. The molecular weight excluding hydrogens is 656 g/mol. The molecule has 0 heterocycles. The van der Waals surface area contributed by atoms with E-state index >= 15 is 0 Å². The third-order valence-corrected chi connectivity index (χ3v) is 9.13. The molecule has 1 saturated carbocycles. The average Bonchev–Trinajstić information content (AvgIpc) is 3.17. The summed E-state index contributed by atoms with van der Waals surface area (Å²) in [6.45, 7) is 5.82. The van der Waals surface area contributed by atoms with Gasteiger partial charge in [-0.3, -0.25) is 9.59 Å². The van der Waals surface area contributed by atoms with Crippen molar-refractivity contribution < 1.29 is 38.0 Å². The van der Waals surface area contributed by atoms with Crippen LogP contribution in [-0.2, 0) is 9.59 Å². The third kappa shape index (κ3) is 12.7. The summed E-state index contributed by atoms with van der Waals surface area (Å²) < 4.78 is 34.8. The van der Waals surface area contributed by atoms with E-state index in [2.05, 4.69) is 13.8 Å². The van der Waals surface area contributed by atoms with Crippen LogP contribution in [-0.4, -0.2) is 25.2 Å². The van der Waals surface area contributed by atoms with Crippen LogP contribution in [0.15, 0.2) is 97.1 Å². The number of carbonyl (C=O) groups is 2. The standard InChI is InChI=1S/C44H52O8/c1-3-5-7-9-31-47-35-15-19-37(20-16-35)49-39-23-27-41(28-24-39)51-43(45)33-11-13-34(14-12-33)44(46)52-42-29-25-40(26-30-42)50-38-21-17-36(18-22-38)48-32-10-8-6-4-2/h15-30,33-34H,3-14,31-32H2,1-2H3/t33-,34-. The van der Waals surface area contributed by atoms with Crippen molar-refractivity contribution in [1.82, 2.24) is 0 Å². The Labute approximate surface area is 308 Å². The van der Waals surface area contributed by atoms with Crippen molar-refractivity contribution in [2.45, 2.75) is 90.9 Å². The number of esters is 2. The molecule has 4 aromatic carbocycles. The van der Waals surface area contributed by atoms with Gasteiger partial charge >= 0.3 is 11.9 Å². The summed E-state index contributed by atoms with van der Waals surface area (Å²) in [7, 11) is 0. The first-order valence-corrected chi connectivity index (χ1v) is 18.9. The Kier molecular flexibility index (Phi) is 15.3. The van der Waals surface area contributed by atoms with Crippen molar-refractivity contribution in [2.75, 3.05) is 13.2 Å². The maximum Gasteiger partial charge on any atom is 0.314 e. The minimum Gasteiger partial charge on any atom is -0.494 e. The Balaban J connectivity index is 0.986. The minimum atomic E-state index is -0.286. The molecule has 0 aliphatic heterocycles. The molecule has 8 heteroatoms. The molecule has 4 aromatic rings. The van der Waals surface area contributed by atoms with Gasteiger partial charge in [0.1, 0.15) is 46.0 Å². The van der Waals surface area contributed by atoms with Crippen molar-refractivity contribution in [3.8, 4) is 46.0 Å². The molecule has 1 aliphatic rings. The summed E-state index contributed by atoms with van der Waals surface area (Å²) in [4.78, 5) is 25.8. The van der Waals surface area contributed by atoms with Gasteiger partial charge in [0, 0.05) is 0 Å². The Morgan fingerprint density at radius 2 is 0.712 bits per heavy atom. The Bertz CT molecular complexity index is 1500. The molecule has 1 aliphatic carbocycles. The normalized spacial score (nSPS) is 15.3. The molecular formula is C44H52O8. The Morgan fingerprint density at radius 1 is 0.423 bits per heavy atom. The number of benzene rings is 4. The summed E-state index contributed by atoms with van der Waals surface area (Å²) in [6.07, 6.45) is 11.6. The van der Waals surface area contributed by atoms with Crippen LogP contribution in [0.5, 0.6) is 46.0 Å².